The van der Waals surface area contributed by atoms with Crippen molar-refractivity contribution < 1.29 is 0 Å². The van der Waals surface area contributed by atoms with E-state index in [1.807, 2.05) is 6.20 Å². The SMILES string of the molecule is C[C@H]1[C@H](CCc2nccn2C)C[C@@H]2C[C@H]1C2(C)C. The lowest BCUT2D eigenvalue weighted by atomic mass is 9.43. The van der Waals surface area contributed by atoms with Crippen molar-refractivity contribution in [2.24, 2.45) is 36.1 Å². The maximum atomic E-state index is 4.45. The molecule has 0 unspecified atom stereocenters. The molecule has 2 heteroatoms. The fourth-order valence-corrected chi connectivity index (χ4v) is 4.59. The Morgan fingerprint density at radius 3 is 2.72 bits per heavy atom. The molecule has 1 aromatic rings. The summed E-state index contributed by atoms with van der Waals surface area (Å²) in [4.78, 5) is 4.45. The molecule has 4 rings (SSSR count). The lowest BCUT2D eigenvalue weighted by molar-refractivity contribution is -0.129. The second-order valence-corrected chi connectivity index (χ2v) is 7.21. The van der Waals surface area contributed by atoms with Crippen molar-refractivity contribution in [1.29, 1.82) is 0 Å². The smallest absolute Gasteiger partial charge is 0.108 e. The van der Waals surface area contributed by atoms with Gasteiger partial charge in [-0.15, -0.1) is 0 Å². The maximum absolute atomic E-state index is 4.45. The molecule has 4 atom stereocenters. The third-order valence-electron chi connectivity index (χ3n) is 6.17. The minimum atomic E-state index is 0.624. The molecule has 0 spiro atoms. The summed E-state index contributed by atoms with van der Waals surface area (Å²) >= 11 is 0. The average molecular weight is 246 g/mol. The van der Waals surface area contributed by atoms with Gasteiger partial charge in [0.25, 0.3) is 0 Å². The van der Waals surface area contributed by atoms with Crippen LogP contribution in [-0.2, 0) is 13.5 Å². The lowest BCUT2D eigenvalue weighted by Crippen LogP contribution is -2.54. The Labute approximate surface area is 111 Å². The third-order valence-corrected chi connectivity index (χ3v) is 6.17. The monoisotopic (exact) mass is 246 g/mol. The zero-order valence-corrected chi connectivity index (χ0v) is 12.2. The Bertz CT molecular complexity index is 432. The van der Waals surface area contributed by atoms with Crippen LogP contribution in [0.3, 0.4) is 0 Å². The minimum Gasteiger partial charge on any atom is -0.338 e. The van der Waals surface area contributed by atoms with E-state index < -0.39 is 0 Å². The number of hydrogen-bond donors (Lipinski definition) is 0. The molecular formula is C16H26N2. The second kappa shape index (κ2) is 4.11. The summed E-state index contributed by atoms with van der Waals surface area (Å²) in [6.07, 6.45) is 9.40. The summed E-state index contributed by atoms with van der Waals surface area (Å²) in [5.41, 5.74) is 0.624. The van der Waals surface area contributed by atoms with Gasteiger partial charge in [0.1, 0.15) is 5.82 Å². The predicted octanol–water partition coefficient (Wildman–Crippen LogP) is 3.67. The van der Waals surface area contributed by atoms with E-state index in [0.717, 1.165) is 30.1 Å². The van der Waals surface area contributed by atoms with Crippen molar-refractivity contribution in [1.82, 2.24) is 9.55 Å². The van der Waals surface area contributed by atoms with E-state index in [-0.39, 0.29) is 0 Å². The predicted molar refractivity (Wildman–Crippen MR) is 74.2 cm³/mol. The van der Waals surface area contributed by atoms with Crippen LogP contribution in [0.4, 0.5) is 0 Å². The zero-order chi connectivity index (χ0) is 12.9. The first-order valence-corrected chi connectivity index (χ1v) is 7.46. The molecule has 0 saturated heterocycles. The van der Waals surface area contributed by atoms with Gasteiger partial charge in [-0.25, -0.2) is 4.98 Å². The number of rotatable bonds is 3. The van der Waals surface area contributed by atoms with Crippen LogP contribution in [0.15, 0.2) is 12.4 Å². The Morgan fingerprint density at radius 1 is 1.39 bits per heavy atom. The first-order chi connectivity index (χ1) is 8.50. The molecule has 0 N–H and O–H groups in total. The van der Waals surface area contributed by atoms with Crippen LogP contribution in [-0.4, -0.2) is 9.55 Å². The van der Waals surface area contributed by atoms with E-state index in [9.17, 15) is 0 Å². The van der Waals surface area contributed by atoms with Crippen LogP contribution < -0.4 is 0 Å². The number of hydrogen-bond acceptors (Lipinski definition) is 1. The normalized spacial score (nSPS) is 37.3. The van der Waals surface area contributed by atoms with Crippen LogP contribution in [0.5, 0.6) is 0 Å². The van der Waals surface area contributed by atoms with Gasteiger partial charge in [0.15, 0.2) is 0 Å². The van der Waals surface area contributed by atoms with Crippen molar-refractivity contribution in [3.8, 4) is 0 Å². The summed E-state index contributed by atoms with van der Waals surface area (Å²) in [6, 6.07) is 0. The second-order valence-electron chi connectivity index (χ2n) is 7.21. The van der Waals surface area contributed by atoms with Gasteiger partial charge in [-0.2, -0.15) is 0 Å². The molecule has 3 saturated carbocycles. The standard InChI is InChI=1S/C16H26N2/c1-11-12(5-6-15-17-7-8-18(15)4)9-13-10-14(11)16(13,2)3/h7-8,11-14H,5-6,9-10H2,1-4H3/t11-,12+,13+,14+/m0/s1. The zero-order valence-electron chi connectivity index (χ0n) is 12.2. The van der Waals surface area contributed by atoms with Gasteiger partial charge >= 0.3 is 0 Å². The average Bonchev–Trinajstić information content (AvgIpc) is 2.73. The van der Waals surface area contributed by atoms with E-state index in [1.165, 1.54) is 25.1 Å². The fourth-order valence-electron chi connectivity index (χ4n) is 4.59. The molecule has 0 radical (unpaired) electrons. The van der Waals surface area contributed by atoms with E-state index in [4.69, 9.17) is 0 Å². The van der Waals surface area contributed by atoms with Crippen molar-refractivity contribution in [3.05, 3.63) is 18.2 Å². The highest BCUT2D eigenvalue weighted by atomic mass is 15.0. The molecule has 0 aliphatic heterocycles. The summed E-state index contributed by atoms with van der Waals surface area (Å²) in [6.45, 7) is 7.46. The van der Waals surface area contributed by atoms with Gasteiger partial charge in [-0.3, -0.25) is 0 Å². The van der Waals surface area contributed by atoms with Gasteiger partial charge in [-0.05, 0) is 48.3 Å². The summed E-state index contributed by atoms with van der Waals surface area (Å²) in [5.74, 6) is 5.05. The Hall–Kier alpha value is -0.790. The van der Waals surface area contributed by atoms with Gasteiger partial charge in [-0.1, -0.05) is 20.8 Å². The number of fused-ring (bicyclic) bond motifs is 2. The molecule has 3 aliphatic carbocycles. The van der Waals surface area contributed by atoms with E-state index in [1.54, 1.807) is 0 Å². The van der Waals surface area contributed by atoms with Gasteiger partial charge in [0.2, 0.25) is 0 Å². The van der Waals surface area contributed by atoms with Gasteiger partial charge in [0.05, 0.1) is 0 Å². The number of aryl methyl sites for hydroxylation is 2. The summed E-state index contributed by atoms with van der Waals surface area (Å²) < 4.78 is 2.16. The fraction of sp³-hybridized carbons (Fsp3) is 0.812. The molecule has 1 heterocycles. The Morgan fingerprint density at radius 2 is 2.17 bits per heavy atom. The van der Waals surface area contributed by atoms with Crippen LogP contribution in [0.2, 0.25) is 0 Å². The number of imidazole rings is 1. The van der Waals surface area contributed by atoms with E-state index in [0.29, 0.717) is 5.41 Å². The summed E-state index contributed by atoms with van der Waals surface area (Å²) in [5, 5.41) is 0. The largest absolute Gasteiger partial charge is 0.338 e. The lowest BCUT2D eigenvalue weighted by Gasteiger charge is -2.62. The Balaban J connectivity index is 1.61. The van der Waals surface area contributed by atoms with Crippen molar-refractivity contribution in [2.75, 3.05) is 0 Å². The quantitative estimate of drug-likeness (QED) is 0.795. The highest BCUT2D eigenvalue weighted by Gasteiger charge is 2.55. The van der Waals surface area contributed by atoms with Crippen molar-refractivity contribution in [3.63, 3.8) is 0 Å². The first kappa shape index (κ1) is 12.3. The molecule has 0 amide bonds. The number of nitrogens with zero attached hydrogens (tertiary/aromatic N) is 2. The van der Waals surface area contributed by atoms with Crippen molar-refractivity contribution in [2.45, 2.75) is 46.5 Å². The molecule has 18 heavy (non-hydrogen) atoms. The molecule has 100 valence electrons. The Kier molecular flexibility index (Phi) is 2.80. The topological polar surface area (TPSA) is 17.8 Å². The molecule has 2 nitrogen and oxygen atoms in total. The minimum absolute atomic E-state index is 0.624. The molecule has 3 aliphatic rings. The molecule has 3 fully saturated rings. The third kappa shape index (κ3) is 1.72. The summed E-state index contributed by atoms with van der Waals surface area (Å²) in [7, 11) is 2.10. The van der Waals surface area contributed by atoms with Crippen LogP contribution in [0.1, 0.15) is 45.9 Å². The molecule has 2 bridgehead atoms. The van der Waals surface area contributed by atoms with Crippen LogP contribution >= 0.6 is 0 Å². The number of aromatic nitrogens is 2. The molecule has 1 aromatic heterocycles. The van der Waals surface area contributed by atoms with Gasteiger partial charge < -0.3 is 4.57 Å². The molecule has 0 aromatic carbocycles. The van der Waals surface area contributed by atoms with Crippen LogP contribution in [0.25, 0.3) is 0 Å². The van der Waals surface area contributed by atoms with E-state index in [2.05, 4.69) is 43.6 Å². The maximum Gasteiger partial charge on any atom is 0.108 e. The van der Waals surface area contributed by atoms with Gasteiger partial charge in [0, 0.05) is 25.9 Å². The highest BCUT2D eigenvalue weighted by molar-refractivity contribution is 5.05. The highest BCUT2D eigenvalue weighted by Crippen LogP contribution is 2.63. The van der Waals surface area contributed by atoms with E-state index >= 15 is 0 Å². The van der Waals surface area contributed by atoms with Crippen LogP contribution in [0, 0.1) is 29.1 Å². The first-order valence-electron chi connectivity index (χ1n) is 7.46. The molecular weight excluding hydrogens is 220 g/mol. The van der Waals surface area contributed by atoms with Crippen molar-refractivity contribution >= 4 is 0 Å².